The van der Waals surface area contributed by atoms with Crippen LogP contribution in [0, 0.1) is 17.1 Å². The fourth-order valence-electron chi connectivity index (χ4n) is 2.07. The van der Waals surface area contributed by atoms with Crippen LogP contribution in [0.5, 0.6) is 0 Å². The fraction of sp³-hybridized carbons (Fsp3) is 0.125. The molecule has 1 atom stereocenters. The van der Waals surface area contributed by atoms with Crippen molar-refractivity contribution in [1.82, 2.24) is 5.32 Å². The van der Waals surface area contributed by atoms with Crippen LogP contribution < -0.4 is 10.5 Å². The molecule has 0 aliphatic rings. The van der Waals surface area contributed by atoms with Crippen molar-refractivity contribution in [3.63, 3.8) is 0 Å². The van der Waals surface area contributed by atoms with Crippen LogP contribution in [-0.4, -0.2) is 14.3 Å². The Labute approximate surface area is 138 Å². The molecule has 0 saturated heterocycles. The van der Waals surface area contributed by atoms with Gasteiger partial charge in [0.05, 0.1) is 17.7 Å². The summed E-state index contributed by atoms with van der Waals surface area (Å²) in [5, 5.41) is 16.4. The van der Waals surface area contributed by atoms with Crippen molar-refractivity contribution in [2.75, 3.05) is 0 Å². The molecule has 0 radical (unpaired) electrons. The van der Waals surface area contributed by atoms with E-state index in [-0.39, 0.29) is 5.56 Å². The van der Waals surface area contributed by atoms with Gasteiger partial charge in [0.15, 0.2) is 0 Å². The van der Waals surface area contributed by atoms with Crippen molar-refractivity contribution in [1.29, 1.82) is 5.26 Å². The molecule has 2 aromatic carbocycles. The minimum Gasteiger partial charge on any atom is -0.346 e. The predicted octanol–water partition coefficient (Wildman–Crippen LogP) is 1.84. The second-order valence-electron chi connectivity index (χ2n) is 5.12. The molecule has 1 amide bonds. The van der Waals surface area contributed by atoms with Gasteiger partial charge in [-0.1, -0.05) is 12.1 Å². The van der Waals surface area contributed by atoms with Crippen LogP contribution in [0.2, 0.25) is 0 Å². The van der Waals surface area contributed by atoms with Crippen LogP contribution in [0.1, 0.15) is 34.5 Å². The van der Waals surface area contributed by atoms with Crippen LogP contribution in [0.4, 0.5) is 4.39 Å². The van der Waals surface area contributed by atoms with Gasteiger partial charge in [0, 0.05) is 5.56 Å². The van der Waals surface area contributed by atoms with Crippen LogP contribution in [0.3, 0.4) is 0 Å². The Morgan fingerprint density at radius 1 is 1.25 bits per heavy atom. The molecular formula is C16H14FN3O3S. The summed E-state index contributed by atoms with van der Waals surface area (Å²) in [6, 6.07) is 11.2. The summed E-state index contributed by atoms with van der Waals surface area (Å²) in [7, 11) is -4.26. The molecule has 0 heterocycles. The van der Waals surface area contributed by atoms with Gasteiger partial charge in [0.1, 0.15) is 10.7 Å². The quantitative estimate of drug-likeness (QED) is 0.878. The number of sulfonamides is 1. The Kier molecular flexibility index (Phi) is 4.97. The summed E-state index contributed by atoms with van der Waals surface area (Å²) < 4.78 is 36.1. The van der Waals surface area contributed by atoms with Gasteiger partial charge in [-0.15, -0.1) is 0 Å². The highest BCUT2D eigenvalue weighted by Crippen LogP contribution is 2.17. The van der Waals surface area contributed by atoms with E-state index in [1.54, 1.807) is 31.2 Å². The smallest absolute Gasteiger partial charge is 0.251 e. The van der Waals surface area contributed by atoms with Crippen LogP contribution in [0.25, 0.3) is 0 Å². The zero-order chi connectivity index (χ0) is 17.9. The largest absolute Gasteiger partial charge is 0.346 e. The second kappa shape index (κ2) is 6.78. The predicted molar refractivity (Wildman–Crippen MR) is 84.8 cm³/mol. The zero-order valence-electron chi connectivity index (χ0n) is 12.7. The lowest BCUT2D eigenvalue weighted by atomic mass is 10.1. The molecule has 0 spiro atoms. The summed E-state index contributed by atoms with van der Waals surface area (Å²) in [6.07, 6.45) is 0. The van der Waals surface area contributed by atoms with Gasteiger partial charge in [0.25, 0.3) is 5.91 Å². The number of halogens is 1. The number of nitrogens with one attached hydrogen (secondary N) is 1. The van der Waals surface area contributed by atoms with Crippen molar-refractivity contribution in [2.45, 2.75) is 17.9 Å². The van der Waals surface area contributed by atoms with E-state index < -0.39 is 32.7 Å². The van der Waals surface area contributed by atoms with E-state index in [0.717, 1.165) is 17.7 Å². The van der Waals surface area contributed by atoms with Gasteiger partial charge in [0.2, 0.25) is 10.0 Å². The maximum Gasteiger partial charge on any atom is 0.251 e. The van der Waals surface area contributed by atoms with Crippen LogP contribution >= 0.6 is 0 Å². The Morgan fingerprint density at radius 2 is 1.88 bits per heavy atom. The molecule has 0 bridgehead atoms. The number of carbonyl (C=O) groups excluding carboxylic acids is 1. The number of benzene rings is 2. The van der Waals surface area contributed by atoms with E-state index in [0.29, 0.717) is 5.56 Å². The zero-order valence-corrected chi connectivity index (χ0v) is 13.5. The second-order valence-corrected chi connectivity index (χ2v) is 6.65. The van der Waals surface area contributed by atoms with E-state index in [1.165, 1.54) is 6.07 Å². The van der Waals surface area contributed by atoms with Crippen molar-refractivity contribution in [3.05, 3.63) is 65.0 Å². The SMILES string of the molecule is CC(NC(=O)c1ccc(F)c(S(N)(=O)=O)c1)c1ccc(C#N)cc1. The summed E-state index contributed by atoms with van der Waals surface area (Å²) in [5.41, 5.74) is 1.23. The summed E-state index contributed by atoms with van der Waals surface area (Å²) in [4.78, 5) is 11.5. The Hall–Kier alpha value is -2.76. The molecule has 8 heteroatoms. The average Bonchev–Trinajstić information content (AvgIpc) is 2.54. The highest BCUT2D eigenvalue weighted by molar-refractivity contribution is 7.89. The Bertz CT molecular complexity index is 919. The lowest BCUT2D eigenvalue weighted by Gasteiger charge is -2.15. The Morgan fingerprint density at radius 3 is 2.42 bits per heavy atom. The highest BCUT2D eigenvalue weighted by atomic mass is 32.2. The number of hydrogen-bond acceptors (Lipinski definition) is 4. The third-order valence-electron chi connectivity index (χ3n) is 3.39. The number of rotatable bonds is 4. The first-order chi connectivity index (χ1) is 11.2. The highest BCUT2D eigenvalue weighted by Gasteiger charge is 2.18. The molecule has 2 aromatic rings. The lowest BCUT2D eigenvalue weighted by Crippen LogP contribution is -2.27. The molecule has 0 aliphatic heterocycles. The monoisotopic (exact) mass is 347 g/mol. The third kappa shape index (κ3) is 3.95. The van der Waals surface area contributed by atoms with Gasteiger partial charge in [-0.25, -0.2) is 17.9 Å². The number of nitriles is 1. The van der Waals surface area contributed by atoms with Gasteiger partial charge in [-0.2, -0.15) is 5.26 Å². The topological polar surface area (TPSA) is 113 Å². The van der Waals surface area contributed by atoms with Crippen LogP contribution in [0.15, 0.2) is 47.4 Å². The first-order valence-electron chi connectivity index (χ1n) is 6.85. The van der Waals surface area contributed by atoms with E-state index in [2.05, 4.69) is 5.32 Å². The molecule has 2 rings (SSSR count). The van der Waals surface area contributed by atoms with E-state index in [1.807, 2.05) is 6.07 Å². The van der Waals surface area contributed by atoms with Crippen molar-refractivity contribution in [3.8, 4) is 6.07 Å². The number of amides is 1. The first-order valence-corrected chi connectivity index (χ1v) is 8.40. The molecule has 124 valence electrons. The number of nitrogens with two attached hydrogens (primary N) is 1. The molecule has 0 aliphatic carbocycles. The van der Waals surface area contributed by atoms with Gasteiger partial charge >= 0.3 is 0 Å². The standard InChI is InChI=1S/C16H14FN3O3S/c1-10(12-4-2-11(9-18)3-5-12)20-16(21)13-6-7-14(17)15(8-13)24(19,22)23/h2-8,10H,1H3,(H,20,21)(H2,19,22,23). The molecule has 1 unspecified atom stereocenters. The molecule has 24 heavy (non-hydrogen) atoms. The first kappa shape index (κ1) is 17.6. The number of primary sulfonamides is 1. The normalized spacial score (nSPS) is 12.2. The summed E-state index contributed by atoms with van der Waals surface area (Å²) >= 11 is 0. The van der Waals surface area contributed by atoms with E-state index in [9.17, 15) is 17.6 Å². The molecule has 0 aromatic heterocycles. The number of nitrogens with zero attached hydrogens (tertiary/aromatic N) is 1. The van der Waals surface area contributed by atoms with Gasteiger partial charge in [-0.05, 0) is 42.8 Å². The average molecular weight is 347 g/mol. The fourth-order valence-corrected chi connectivity index (χ4v) is 2.70. The van der Waals surface area contributed by atoms with E-state index >= 15 is 0 Å². The van der Waals surface area contributed by atoms with Gasteiger partial charge in [-0.3, -0.25) is 4.79 Å². The minimum absolute atomic E-state index is 0.0269. The molecule has 6 nitrogen and oxygen atoms in total. The van der Waals surface area contributed by atoms with Crippen molar-refractivity contribution < 1.29 is 17.6 Å². The minimum atomic E-state index is -4.26. The third-order valence-corrected chi connectivity index (χ3v) is 4.31. The molecule has 0 fully saturated rings. The Balaban J connectivity index is 2.21. The van der Waals surface area contributed by atoms with E-state index in [4.69, 9.17) is 10.4 Å². The lowest BCUT2D eigenvalue weighted by molar-refractivity contribution is 0.0939. The molecular weight excluding hydrogens is 333 g/mol. The number of hydrogen-bond donors (Lipinski definition) is 2. The maximum atomic E-state index is 13.5. The summed E-state index contributed by atoms with van der Waals surface area (Å²) in [5.74, 6) is -1.59. The van der Waals surface area contributed by atoms with Crippen molar-refractivity contribution in [2.24, 2.45) is 5.14 Å². The molecule has 0 saturated carbocycles. The molecule has 3 N–H and O–H groups in total. The maximum absolute atomic E-state index is 13.5. The van der Waals surface area contributed by atoms with Crippen molar-refractivity contribution >= 4 is 15.9 Å². The summed E-state index contributed by atoms with van der Waals surface area (Å²) in [6.45, 7) is 1.73. The van der Waals surface area contributed by atoms with Crippen LogP contribution in [-0.2, 0) is 10.0 Å². The van der Waals surface area contributed by atoms with Gasteiger partial charge < -0.3 is 5.32 Å². The number of carbonyl (C=O) groups is 1.